The fraction of sp³-hybridized carbons (Fsp3) is 0.417. The molecule has 1 heterocycles. The van der Waals surface area contributed by atoms with E-state index in [4.69, 9.17) is 0 Å². The molecule has 2 aromatic carbocycles. The number of hydrogen-bond acceptors (Lipinski definition) is 2. The quantitative estimate of drug-likeness (QED) is 0.681. The topological polar surface area (TPSA) is 37.4 Å². The average molecular weight is 381 g/mol. The molecule has 2 aromatic rings. The lowest BCUT2D eigenvalue weighted by Crippen LogP contribution is -2.41. The number of Topliss-reactive ketones (excluding diaryl/α,β-unsaturated/α-hetero) is 1. The summed E-state index contributed by atoms with van der Waals surface area (Å²) < 4.78 is 13.8. The fourth-order valence-electron chi connectivity index (χ4n) is 3.82. The van der Waals surface area contributed by atoms with Crippen molar-refractivity contribution in [3.8, 4) is 0 Å². The number of rotatable bonds is 6. The summed E-state index contributed by atoms with van der Waals surface area (Å²) in [5.41, 5.74) is 2.43. The average Bonchev–Trinajstić information content (AvgIpc) is 2.69. The van der Waals surface area contributed by atoms with Crippen LogP contribution in [-0.2, 0) is 17.6 Å². The number of nitrogens with zero attached hydrogens (tertiary/aromatic N) is 1. The molecule has 0 atom stereocenters. The van der Waals surface area contributed by atoms with Crippen LogP contribution in [0.5, 0.6) is 0 Å². The molecule has 0 bridgehead atoms. The third kappa shape index (κ3) is 5.06. The molecule has 3 rings (SSSR count). The zero-order valence-electron chi connectivity index (χ0n) is 16.7. The molecular formula is C24H28FNO2. The minimum Gasteiger partial charge on any atom is -0.342 e. The largest absolute Gasteiger partial charge is 0.342 e. The number of amides is 1. The van der Waals surface area contributed by atoms with Gasteiger partial charge in [-0.2, -0.15) is 0 Å². The first-order chi connectivity index (χ1) is 13.4. The van der Waals surface area contributed by atoms with Crippen molar-refractivity contribution < 1.29 is 14.0 Å². The lowest BCUT2D eigenvalue weighted by atomic mass is 9.88. The van der Waals surface area contributed by atoms with Crippen molar-refractivity contribution in [2.45, 2.75) is 39.5 Å². The van der Waals surface area contributed by atoms with Crippen molar-refractivity contribution >= 4 is 11.7 Å². The van der Waals surface area contributed by atoms with E-state index in [9.17, 15) is 14.0 Å². The molecule has 4 heteroatoms. The first-order valence-electron chi connectivity index (χ1n) is 10.1. The van der Waals surface area contributed by atoms with Crippen LogP contribution >= 0.6 is 0 Å². The van der Waals surface area contributed by atoms with Gasteiger partial charge in [0.05, 0.1) is 6.42 Å². The molecule has 0 radical (unpaired) electrons. The molecule has 0 spiro atoms. The van der Waals surface area contributed by atoms with Gasteiger partial charge >= 0.3 is 0 Å². The number of piperidine rings is 1. The third-order valence-electron chi connectivity index (χ3n) is 5.40. The van der Waals surface area contributed by atoms with Crippen LogP contribution in [0.25, 0.3) is 0 Å². The van der Waals surface area contributed by atoms with Crippen LogP contribution in [0.1, 0.15) is 48.2 Å². The Bertz CT molecular complexity index is 821. The fourth-order valence-corrected chi connectivity index (χ4v) is 3.82. The van der Waals surface area contributed by atoms with Crippen molar-refractivity contribution in [2.24, 2.45) is 11.8 Å². The zero-order valence-corrected chi connectivity index (χ0v) is 16.7. The first kappa shape index (κ1) is 20.2. The second kappa shape index (κ2) is 9.13. The molecule has 0 aromatic heterocycles. The molecular weight excluding hydrogens is 353 g/mol. The number of ketones is 1. The Hall–Kier alpha value is -2.49. The second-order valence-corrected chi connectivity index (χ2v) is 8.08. The van der Waals surface area contributed by atoms with E-state index in [1.807, 2.05) is 24.3 Å². The highest BCUT2D eigenvalue weighted by molar-refractivity contribution is 5.98. The van der Waals surface area contributed by atoms with Crippen molar-refractivity contribution in [2.75, 3.05) is 13.1 Å². The summed E-state index contributed by atoms with van der Waals surface area (Å²) in [4.78, 5) is 27.0. The zero-order chi connectivity index (χ0) is 20.1. The lowest BCUT2D eigenvalue weighted by molar-refractivity contribution is -0.131. The van der Waals surface area contributed by atoms with Crippen LogP contribution in [0, 0.1) is 17.7 Å². The van der Waals surface area contributed by atoms with Gasteiger partial charge in [0, 0.05) is 24.6 Å². The van der Waals surface area contributed by atoms with Crippen LogP contribution in [0.2, 0.25) is 0 Å². The normalized spacial score (nSPS) is 15.1. The predicted molar refractivity (Wildman–Crippen MR) is 109 cm³/mol. The summed E-state index contributed by atoms with van der Waals surface area (Å²) in [6.07, 6.45) is 2.41. The summed E-state index contributed by atoms with van der Waals surface area (Å²) >= 11 is 0. The monoisotopic (exact) mass is 381 g/mol. The Kier molecular flexibility index (Phi) is 6.61. The number of carbonyl (C=O) groups is 2. The summed E-state index contributed by atoms with van der Waals surface area (Å²) in [5, 5.41) is 0. The highest BCUT2D eigenvalue weighted by Gasteiger charge is 2.28. The maximum absolute atomic E-state index is 13.8. The van der Waals surface area contributed by atoms with E-state index in [-0.39, 0.29) is 29.8 Å². The van der Waals surface area contributed by atoms with E-state index < -0.39 is 0 Å². The Morgan fingerprint density at radius 1 is 1.04 bits per heavy atom. The SMILES string of the molecule is CC(C)Cc1ccc(C(=O)C2CCN(C(=O)Cc3ccccc3F)CC2)cc1. The maximum Gasteiger partial charge on any atom is 0.227 e. The molecule has 0 unspecified atom stereocenters. The van der Waals surface area contributed by atoms with E-state index in [0.29, 0.717) is 37.4 Å². The van der Waals surface area contributed by atoms with Crippen molar-refractivity contribution in [1.29, 1.82) is 0 Å². The summed E-state index contributed by atoms with van der Waals surface area (Å²) in [5.74, 6) is 0.286. The highest BCUT2D eigenvalue weighted by Crippen LogP contribution is 2.23. The van der Waals surface area contributed by atoms with Gasteiger partial charge in [0.25, 0.3) is 0 Å². The molecule has 1 fully saturated rings. The Balaban J connectivity index is 1.53. The molecule has 28 heavy (non-hydrogen) atoms. The van der Waals surface area contributed by atoms with Crippen molar-refractivity contribution in [3.63, 3.8) is 0 Å². The van der Waals surface area contributed by atoms with Gasteiger partial charge < -0.3 is 4.90 Å². The number of halogens is 1. The van der Waals surface area contributed by atoms with E-state index in [1.54, 1.807) is 23.1 Å². The van der Waals surface area contributed by atoms with Crippen molar-refractivity contribution in [3.05, 3.63) is 71.0 Å². The molecule has 1 aliphatic rings. The van der Waals surface area contributed by atoms with E-state index >= 15 is 0 Å². The predicted octanol–water partition coefficient (Wildman–Crippen LogP) is 4.69. The van der Waals surface area contributed by atoms with E-state index in [0.717, 1.165) is 12.0 Å². The molecule has 148 valence electrons. The van der Waals surface area contributed by atoms with Gasteiger partial charge in [0.15, 0.2) is 5.78 Å². The Labute approximate surface area is 166 Å². The number of benzene rings is 2. The third-order valence-corrected chi connectivity index (χ3v) is 5.40. The second-order valence-electron chi connectivity index (χ2n) is 8.08. The molecule has 0 saturated carbocycles. The van der Waals surface area contributed by atoms with Gasteiger partial charge in [-0.1, -0.05) is 56.3 Å². The first-order valence-corrected chi connectivity index (χ1v) is 10.1. The molecule has 1 saturated heterocycles. The van der Waals surface area contributed by atoms with Crippen LogP contribution in [0.4, 0.5) is 4.39 Å². The van der Waals surface area contributed by atoms with Crippen LogP contribution in [-0.4, -0.2) is 29.7 Å². The van der Waals surface area contributed by atoms with Crippen molar-refractivity contribution in [1.82, 2.24) is 4.90 Å². The summed E-state index contributed by atoms with van der Waals surface area (Å²) in [6, 6.07) is 14.3. The molecule has 1 amide bonds. The van der Waals surface area contributed by atoms with Gasteiger partial charge in [-0.3, -0.25) is 9.59 Å². The summed E-state index contributed by atoms with van der Waals surface area (Å²) in [7, 11) is 0. The van der Waals surface area contributed by atoms with Gasteiger partial charge in [-0.25, -0.2) is 4.39 Å². The van der Waals surface area contributed by atoms with E-state index in [2.05, 4.69) is 13.8 Å². The number of hydrogen-bond donors (Lipinski definition) is 0. The summed E-state index contributed by atoms with van der Waals surface area (Å²) in [6.45, 7) is 5.46. The maximum atomic E-state index is 13.8. The van der Waals surface area contributed by atoms with Crippen LogP contribution in [0.3, 0.4) is 0 Å². The molecule has 3 nitrogen and oxygen atoms in total. The van der Waals surface area contributed by atoms with E-state index in [1.165, 1.54) is 11.6 Å². The molecule has 0 aliphatic carbocycles. The standard InChI is InChI=1S/C24H28FNO2/c1-17(2)15-18-7-9-19(10-8-18)24(28)20-11-13-26(14-12-20)23(27)16-21-5-3-4-6-22(21)25/h3-10,17,20H,11-16H2,1-2H3. The van der Waals surface area contributed by atoms with Gasteiger partial charge in [-0.15, -0.1) is 0 Å². The smallest absolute Gasteiger partial charge is 0.227 e. The van der Waals surface area contributed by atoms with Gasteiger partial charge in [0.2, 0.25) is 5.91 Å². The minimum atomic E-state index is -0.346. The Morgan fingerprint density at radius 3 is 2.29 bits per heavy atom. The van der Waals surface area contributed by atoms with Crippen LogP contribution in [0.15, 0.2) is 48.5 Å². The van der Waals surface area contributed by atoms with Gasteiger partial charge in [0.1, 0.15) is 5.82 Å². The van der Waals surface area contributed by atoms with Crippen LogP contribution < -0.4 is 0 Å². The number of likely N-dealkylation sites (tertiary alicyclic amines) is 1. The Morgan fingerprint density at radius 2 is 1.68 bits per heavy atom. The van der Waals surface area contributed by atoms with Gasteiger partial charge in [-0.05, 0) is 42.4 Å². The lowest BCUT2D eigenvalue weighted by Gasteiger charge is -2.31. The minimum absolute atomic E-state index is 0.0477. The molecule has 0 N–H and O–H groups in total. The highest BCUT2D eigenvalue weighted by atomic mass is 19.1. The molecule has 1 aliphatic heterocycles. The number of carbonyl (C=O) groups excluding carboxylic acids is 2.